The third-order valence-corrected chi connectivity index (χ3v) is 4.28. The first kappa shape index (κ1) is 15.9. The van der Waals surface area contributed by atoms with Gasteiger partial charge >= 0.3 is 0 Å². The topological polar surface area (TPSA) is 75.6 Å². The summed E-state index contributed by atoms with van der Waals surface area (Å²) in [5, 5.41) is 0. The Bertz CT molecular complexity index is 810. The summed E-state index contributed by atoms with van der Waals surface area (Å²) in [7, 11) is -3.80. The summed E-state index contributed by atoms with van der Waals surface area (Å²) in [5.74, 6) is -0.624. The van der Waals surface area contributed by atoms with E-state index in [1.807, 2.05) is 35.9 Å². The molecule has 0 heterocycles. The van der Waals surface area contributed by atoms with Gasteiger partial charge in [0.25, 0.3) is 10.0 Å². The average Bonchev–Trinajstić information content (AvgIpc) is 2.44. The molecule has 0 aliphatic carbocycles. The van der Waals surface area contributed by atoms with Crippen LogP contribution in [0.1, 0.15) is 18.1 Å². The Morgan fingerprint density at radius 1 is 1.14 bits per heavy atom. The maximum Gasteiger partial charge on any atom is 0.264 e. The molecule has 0 radical (unpaired) electrons. The second kappa shape index (κ2) is 6.53. The zero-order valence-corrected chi connectivity index (χ0v) is 13.1. The highest BCUT2D eigenvalue weighted by Crippen LogP contribution is 2.16. The minimum absolute atomic E-state index is 0.0252. The Labute approximate surface area is 129 Å². The fourth-order valence-corrected chi connectivity index (χ4v) is 2.85. The lowest BCUT2D eigenvalue weighted by molar-refractivity contribution is -0.117. The van der Waals surface area contributed by atoms with E-state index in [9.17, 15) is 13.2 Å². The molecule has 0 aromatic heterocycles. The molecule has 0 aliphatic heterocycles. The number of aryl methyl sites for hydroxylation is 1. The van der Waals surface area contributed by atoms with Crippen LogP contribution >= 0.6 is 0 Å². The van der Waals surface area contributed by atoms with Gasteiger partial charge in [0.05, 0.1) is 10.6 Å². The predicted octanol–water partition coefficient (Wildman–Crippen LogP) is 2.57. The average molecular weight is 316 g/mol. The molecule has 0 unspecified atom stereocenters. The third-order valence-electron chi connectivity index (χ3n) is 2.83. The molecule has 2 aromatic carbocycles. The van der Waals surface area contributed by atoms with Crippen LogP contribution in [0.5, 0.6) is 0 Å². The van der Waals surface area contributed by atoms with E-state index in [-0.39, 0.29) is 4.90 Å². The maximum atomic E-state index is 11.8. The first-order chi connectivity index (χ1) is 10.4. The summed E-state index contributed by atoms with van der Waals surface area (Å²) in [6.07, 6.45) is 1.71. The normalized spacial score (nSPS) is 11.5. The summed E-state index contributed by atoms with van der Waals surface area (Å²) in [5.41, 5.74) is 2.74. The standard InChI is InChI=1S/C16H16N2O3S/c1-12-4-3-5-14(10-12)11-17-15-6-8-16(9-7-15)22(20,21)18-13(2)19/h3-11H,1-2H3,(H,18,19). The Balaban J connectivity index is 2.17. The van der Waals surface area contributed by atoms with Crippen molar-refractivity contribution in [3.8, 4) is 0 Å². The summed E-state index contributed by atoms with van der Waals surface area (Å²) in [6, 6.07) is 13.9. The maximum absolute atomic E-state index is 11.8. The number of nitrogens with one attached hydrogen (secondary N) is 1. The first-order valence-electron chi connectivity index (χ1n) is 6.61. The van der Waals surface area contributed by atoms with E-state index in [0.717, 1.165) is 18.1 Å². The smallest absolute Gasteiger partial charge is 0.264 e. The number of sulfonamides is 1. The van der Waals surface area contributed by atoms with Crippen LogP contribution in [-0.4, -0.2) is 20.5 Å². The highest BCUT2D eigenvalue weighted by Gasteiger charge is 2.14. The molecule has 0 saturated heterocycles. The van der Waals surface area contributed by atoms with Crippen molar-refractivity contribution in [3.05, 3.63) is 59.7 Å². The van der Waals surface area contributed by atoms with Crippen LogP contribution in [0.2, 0.25) is 0 Å². The Morgan fingerprint density at radius 3 is 2.41 bits per heavy atom. The van der Waals surface area contributed by atoms with Crippen molar-refractivity contribution in [3.63, 3.8) is 0 Å². The van der Waals surface area contributed by atoms with Crippen LogP contribution in [0.4, 0.5) is 5.69 Å². The number of carbonyl (C=O) groups is 1. The zero-order chi connectivity index (χ0) is 16.2. The number of benzene rings is 2. The van der Waals surface area contributed by atoms with Gasteiger partial charge in [-0.05, 0) is 36.8 Å². The van der Waals surface area contributed by atoms with E-state index in [1.54, 1.807) is 18.3 Å². The highest BCUT2D eigenvalue weighted by atomic mass is 32.2. The van der Waals surface area contributed by atoms with Gasteiger partial charge in [-0.1, -0.05) is 29.8 Å². The molecule has 22 heavy (non-hydrogen) atoms. The minimum atomic E-state index is -3.80. The van der Waals surface area contributed by atoms with Gasteiger partial charge in [-0.25, -0.2) is 13.1 Å². The molecule has 0 saturated carbocycles. The number of amides is 1. The molecule has 0 aliphatic rings. The molecular formula is C16H16N2O3S. The van der Waals surface area contributed by atoms with Gasteiger partial charge in [0.15, 0.2) is 0 Å². The fraction of sp³-hybridized carbons (Fsp3) is 0.125. The van der Waals surface area contributed by atoms with Gasteiger partial charge in [0.1, 0.15) is 0 Å². The third kappa shape index (κ3) is 4.26. The number of carbonyl (C=O) groups excluding carboxylic acids is 1. The van der Waals surface area contributed by atoms with Crippen LogP contribution in [0.3, 0.4) is 0 Å². The van der Waals surface area contributed by atoms with E-state index in [1.165, 1.54) is 12.1 Å². The van der Waals surface area contributed by atoms with E-state index in [4.69, 9.17) is 0 Å². The second-order valence-corrected chi connectivity index (χ2v) is 6.51. The van der Waals surface area contributed by atoms with Crippen molar-refractivity contribution in [1.29, 1.82) is 0 Å². The Morgan fingerprint density at radius 2 is 1.82 bits per heavy atom. The number of hydrogen-bond acceptors (Lipinski definition) is 4. The van der Waals surface area contributed by atoms with Gasteiger partial charge < -0.3 is 0 Å². The number of rotatable bonds is 4. The molecule has 5 nitrogen and oxygen atoms in total. The van der Waals surface area contributed by atoms with Crippen molar-refractivity contribution in [2.75, 3.05) is 0 Å². The lowest BCUT2D eigenvalue weighted by atomic mass is 10.1. The van der Waals surface area contributed by atoms with Gasteiger partial charge in [0.2, 0.25) is 5.91 Å². The highest BCUT2D eigenvalue weighted by molar-refractivity contribution is 7.90. The van der Waals surface area contributed by atoms with E-state index in [2.05, 4.69) is 4.99 Å². The molecular weight excluding hydrogens is 300 g/mol. The Hall–Kier alpha value is -2.47. The minimum Gasteiger partial charge on any atom is -0.274 e. The van der Waals surface area contributed by atoms with Gasteiger partial charge in [-0.2, -0.15) is 0 Å². The van der Waals surface area contributed by atoms with E-state index < -0.39 is 15.9 Å². The molecule has 1 amide bonds. The van der Waals surface area contributed by atoms with Crippen LogP contribution in [0.15, 0.2) is 58.4 Å². The molecule has 0 bridgehead atoms. The lowest BCUT2D eigenvalue weighted by Gasteiger charge is -2.04. The SMILES string of the molecule is CC(=O)NS(=O)(=O)c1ccc(N=Cc2cccc(C)c2)cc1. The summed E-state index contributed by atoms with van der Waals surface area (Å²) >= 11 is 0. The fourth-order valence-electron chi connectivity index (χ4n) is 1.86. The van der Waals surface area contributed by atoms with Gasteiger partial charge in [0, 0.05) is 13.1 Å². The van der Waals surface area contributed by atoms with Crippen molar-refractivity contribution in [1.82, 2.24) is 4.72 Å². The van der Waals surface area contributed by atoms with Crippen LogP contribution in [0, 0.1) is 6.92 Å². The number of aliphatic imine (C=N–C) groups is 1. The molecule has 6 heteroatoms. The number of nitrogens with zero attached hydrogens (tertiary/aromatic N) is 1. The quantitative estimate of drug-likeness (QED) is 0.881. The van der Waals surface area contributed by atoms with Crippen LogP contribution in [0.25, 0.3) is 0 Å². The van der Waals surface area contributed by atoms with E-state index >= 15 is 0 Å². The molecule has 1 N–H and O–H groups in total. The predicted molar refractivity (Wildman–Crippen MR) is 85.9 cm³/mol. The zero-order valence-electron chi connectivity index (χ0n) is 12.3. The van der Waals surface area contributed by atoms with Crippen molar-refractivity contribution < 1.29 is 13.2 Å². The summed E-state index contributed by atoms with van der Waals surface area (Å²) < 4.78 is 25.5. The number of hydrogen-bond donors (Lipinski definition) is 1. The van der Waals surface area contributed by atoms with Crippen LogP contribution < -0.4 is 4.72 Å². The summed E-state index contributed by atoms with van der Waals surface area (Å²) in [6.45, 7) is 3.15. The lowest BCUT2D eigenvalue weighted by Crippen LogP contribution is -2.28. The van der Waals surface area contributed by atoms with Crippen molar-refractivity contribution in [2.24, 2.45) is 4.99 Å². The molecule has 0 atom stereocenters. The monoisotopic (exact) mass is 316 g/mol. The summed E-state index contributed by atoms with van der Waals surface area (Å²) in [4.78, 5) is 15.2. The molecule has 2 aromatic rings. The van der Waals surface area contributed by atoms with Crippen molar-refractivity contribution in [2.45, 2.75) is 18.7 Å². The van der Waals surface area contributed by atoms with Gasteiger partial charge in [-0.15, -0.1) is 0 Å². The molecule has 2 rings (SSSR count). The largest absolute Gasteiger partial charge is 0.274 e. The first-order valence-corrected chi connectivity index (χ1v) is 8.09. The van der Waals surface area contributed by atoms with Crippen molar-refractivity contribution >= 4 is 27.8 Å². The molecule has 0 spiro atoms. The molecule has 114 valence electrons. The van der Waals surface area contributed by atoms with Crippen LogP contribution in [-0.2, 0) is 14.8 Å². The second-order valence-electron chi connectivity index (χ2n) is 4.83. The molecule has 0 fully saturated rings. The van der Waals surface area contributed by atoms with E-state index in [0.29, 0.717) is 5.69 Å². The Kier molecular flexibility index (Phi) is 4.72. The van der Waals surface area contributed by atoms with Gasteiger partial charge in [-0.3, -0.25) is 9.79 Å².